The van der Waals surface area contributed by atoms with Gasteiger partial charge in [0.2, 0.25) is 0 Å². The van der Waals surface area contributed by atoms with Gasteiger partial charge >= 0.3 is 0 Å². The highest BCUT2D eigenvalue weighted by molar-refractivity contribution is 7.79. The first-order chi connectivity index (χ1) is 6.77. The molecule has 0 aliphatic carbocycles. The van der Waals surface area contributed by atoms with Crippen molar-refractivity contribution in [2.45, 2.75) is 12.8 Å². The van der Waals surface area contributed by atoms with Gasteiger partial charge in [0.25, 0.3) is 0 Å². The molecule has 1 aliphatic rings. The summed E-state index contributed by atoms with van der Waals surface area (Å²) in [6.45, 7) is 0.838. The number of benzene rings is 1. The van der Waals surface area contributed by atoms with Gasteiger partial charge in [0.15, 0.2) is 0 Å². The molecule has 1 atom stereocenters. The highest BCUT2D eigenvalue weighted by atomic mass is 32.2. The van der Waals surface area contributed by atoms with Crippen LogP contribution in [0.1, 0.15) is 12.0 Å². The standard InChI is InChI=1S/C10H13NO2S/c12-14(13)8-11-7-3-5-9-4-1-2-6-10(9)11/h1-2,4,6H,3,5,7-8H2,(H,12,13)/p-1. The van der Waals surface area contributed by atoms with Gasteiger partial charge in [-0.15, -0.1) is 0 Å². The zero-order valence-electron chi connectivity index (χ0n) is 7.81. The van der Waals surface area contributed by atoms with Crippen molar-refractivity contribution in [3.05, 3.63) is 29.8 Å². The molecule has 1 heterocycles. The van der Waals surface area contributed by atoms with E-state index in [1.165, 1.54) is 5.56 Å². The Morgan fingerprint density at radius 2 is 2.21 bits per heavy atom. The number of para-hydroxylation sites is 1. The molecular weight excluding hydrogens is 198 g/mol. The Hall–Kier alpha value is -0.870. The highest BCUT2D eigenvalue weighted by Gasteiger charge is 2.15. The lowest BCUT2D eigenvalue weighted by Gasteiger charge is -2.31. The summed E-state index contributed by atoms with van der Waals surface area (Å²) in [4.78, 5) is 1.92. The fourth-order valence-corrected chi connectivity index (χ4v) is 2.40. The predicted octanol–water partition coefficient (Wildman–Crippen LogP) is 1.28. The van der Waals surface area contributed by atoms with E-state index in [1.54, 1.807) is 0 Å². The van der Waals surface area contributed by atoms with E-state index in [-0.39, 0.29) is 5.88 Å². The second-order valence-corrected chi connectivity index (χ2v) is 4.29. The molecule has 14 heavy (non-hydrogen) atoms. The fourth-order valence-electron chi connectivity index (χ4n) is 1.87. The van der Waals surface area contributed by atoms with E-state index in [4.69, 9.17) is 0 Å². The van der Waals surface area contributed by atoms with Gasteiger partial charge in [0, 0.05) is 12.2 Å². The topological polar surface area (TPSA) is 43.4 Å². The van der Waals surface area contributed by atoms with Crippen molar-refractivity contribution in [1.29, 1.82) is 0 Å². The number of nitrogens with zero attached hydrogens (tertiary/aromatic N) is 1. The maximum atomic E-state index is 10.6. The molecule has 3 nitrogen and oxygen atoms in total. The molecule has 0 saturated carbocycles. The number of hydrogen-bond donors (Lipinski definition) is 0. The Morgan fingerprint density at radius 3 is 3.00 bits per heavy atom. The van der Waals surface area contributed by atoms with Crippen LogP contribution in [0, 0.1) is 0 Å². The molecule has 0 spiro atoms. The van der Waals surface area contributed by atoms with Gasteiger partial charge in [0.1, 0.15) is 0 Å². The van der Waals surface area contributed by atoms with Gasteiger partial charge in [-0.3, -0.25) is 4.21 Å². The first-order valence-electron chi connectivity index (χ1n) is 4.66. The quantitative estimate of drug-likeness (QED) is 0.690. The molecule has 1 aromatic carbocycles. The Kier molecular flexibility index (Phi) is 2.84. The van der Waals surface area contributed by atoms with Crippen LogP contribution in [0.4, 0.5) is 5.69 Å². The Morgan fingerprint density at radius 1 is 1.43 bits per heavy atom. The number of hydrogen-bond acceptors (Lipinski definition) is 3. The third-order valence-electron chi connectivity index (χ3n) is 2.47. The molecule has 76 valence electrons. The Bertz CT molecular complexity index is 354. The van der Waals surface area contributed by atoms with Crippen molar-refractivity contribution in [3.63, 3.8) is 0 Å². The molecule has 1 aliphatic heterocycles. The van der Waals surface area contributed by atoms with Crippen molar-refractivity contribution >= 4 is 16.8 Å². The first-order valence-corrected chi connectivity index (χ1v) is 5.90. The van der Waals surface area contributed by atoms with Crippen LogP contribution in [-0.4, -0.2) is 21.2 Å². The van der Waals surface area contributed by atoms with E-state index in [2.05, 4.69) is 6.07 Å². The third-order valence-corrected chi connectivity index (χ3v) is 2.99. The minimum atomic E-state index is -1.99. The van der Waals surface area contributed by atoms with Crippen LogP contribution in [0.25, 0.3) is 0 Å². The van der Waals surface area contributed by atoms with Crippen LogP contribution in [-0.2, 0) is 17.5 Å². The van der Waals surface area contributed by atoms with Crippen LogP contribution in [0.2, 0.25) is 0 Å². The smallest absolute Gasteiger partial charge is 0.0806 e. The molecule has 0 fully saturated rings. The number of aryl methyl sites for hydroxylation is 1. The van der Waals surface area contributed by atoms with Crippen LogP contribution in [0.5, 0.6) is 0 Å². The molecule has 0 amide bonds. The van der Waals surface area contributed by atoms with E-state index in [0.717, 1.165) is 25.1 Å². The zero-order valence-corrected chi connectivity index (χ0v) is 8.63. The molecule has 0 radical (unpaired) electrons. The van der Waals surface area contributed by atoms with Crippen LogP contribution in [0.15, 0.2) is 24.3 Å². The lowest BCUT2D eigenvalue weighted by atomic mass is 10.0. The number of fused-ring (bicyclic) bond motifs is 1. The Labute approximate surface area is 86.0 Å². The van der Waals surface area contributed by atoms with E-state index in [9.17, 15) is 8.76 Å². The van der Waals surface area contributed by atoms with Crippen LogP contribution < -0.4 is 4.90 Å². The summed E-state index contributed by atoms with van der Waals surface area (Å²) in [5.41, 5.74) is 2.33. The van der Waals surface area contributed by atoms with Crippen molar-refractivity contribution in [2.75, 3.05) is 17.3 Å². The summed E-state index contributed by atoms with van der Waals surface area (Å²) in [6.07, 6.45) is 2.09. The van der Waals surface area contributed by atoms with E-state index < -0.39 is 11.1 Å². The molecular formula is C10H12NO2S-. The molecule has 0 N–H and O–H groups in total. The van der Waals surface area contributed by atoms with Crippen LogP contribution >= 0.6 is 0 Å². The van der Waals surface area contributed by atoms with Crippen molar-refractivity contribution < 1.29 is 8.76 Å². The fraction of sp³-hybridized carbons (Fsp3) is 0.400. The Balaban J connectivity index is 2.26. The van der Waals surface area contributed by atoms with E-state index in [0.29, 0.717) is 0 Å². The van der Waals surface area contributed by atoms with Crippen LogP contribution in [0.3, 0.4) is 0 Å². The average Bonchev–Trinajstić information content (AvgIpc) is 2.18. The van der Waals surface area contributed by atoms with Gasteiger partial charge < -0.3 is 9.45 Å². The molecule has 2 rings (SSSR count). The third kappa shape index (κ3) is 1.96. The normalized spacial score (nSPS) is 17.6. The molecule has 0 aromatic heterocycles. The second-order valence-electron chi connectivity index (χ2n) is 3.43. The lowest BCUT2D eigenvalue weighted by Crippen LogP contribution is -2.32. The highest BCUT2D eigenvalue weighted by Crippen LogP contribution is 2.26. The van der Waals surface area contributed by atoms with Crippen molar-refractivity contribution in [1.82, 2.24) is 0 Å². The predicted molar refractivity (Wildman–Crippen MR) is 55.9 cm³/mol. The molecule has 4 heteroatoms. The summed E-state index contributed by atoms with van der Waals surface area (Å²) < 4.78 is 21.3. The molecule has 0 saturated heterocycles. The maximum Gasteiger partial charge on any atom is 0.0806 e. The van der Waals surface area contributed by atoms with E-state index in [1.807, 2.05) is 23.1 Å². The second kappa shape index (κ2) is 4.11. The SMILES string of the molecule is O=S([O-])CN1CCCc2ccccc21. The van der Waals surface area contributed by atoms with Crippen molar-refractivity contribution in [2.24, 2.45) is 0 Å². The molecule has 1 unspecified atom stereocenters. The summed E-state index contributed by atoms with van der Waals surface area (Å²) in [5, 5.41) is 0. The van der Waals surface area contributed by atoms with Gasteiger partial charge in [-0.05, 0) is 35.6 Å². The van der Waals surface area contributed by atoms with Gasteiger partial charge in [0.05, 0.1) is 5.88 Å². The molecule has 1 aromatic rings. The number of rotatable bonds is 2. The first kappa shape index (κ1) is 9.68. The van der Waals surface area contributed by atoms with Gasteiger partial charge in [-0.2, -0.15) is 0 Å². The molecule has 0 bridgehead atoms. The number of anilines is 1. The maximum absolute atomic E-state index is 10.6. The summed E-state index contributed by atoms with van der Waals surface area (Å²) in [7, 11) is 0. The summed E-state index contributed by atoms with van der Waals surface area (Å²) in [5.74, 6) is 0.108. The largest absolute Gasteiger partial charge is 0.771 e. The van der Waals surface area contributed by atoms with Gasteiger partial charge in [-0.25, -0.2) is 0 Å². The minimum Gasteiger partial charge on any atom is -0.771 e. The summed E-state index contributed by atoms with van der Waals surface area (Å²) in [6, 6.07) is 8.00. The minimum absolute atomic E-state index is 0.108. The summed E-state index contributed by atoms with van der Waals surface area (Å²) >= 11 is -1.99. The van der Waals surface area contributed by atoms with E-state index >= 15 is 0 Å². The van der Waals surface area contributed by atoms with Gasteiger partial charge in [-0.1, -0.05) is 18.2 Å². The zero-order chi connectivity index (χ0) is 9.97. The lowest BCUT2D eigenvalue weighted by molar-refractivity contribution is 0.533. The van der Waals surface area contributed by atoms with Crippen molar-refractivity contribution in [3.8, 4) is 0 Å². The average molecular weight is 210 g/mol. The monoisotopic (exact) mass is 210 g/mol.